The van der Waals surface area contributed by atoms with Crippen LogP contribution in [0.4, 0.5) is 0 Å². The molecule has 1 aromatic rings. The maximum atomic E-state index is 6.45. The zero-order valence-corrected chi connectivity index (χ0v) is 25.7. The predicted molar refractivity (Wildman–Crippen MR) is 141 cm³/mol. The lowest BCUT2D eigenvalue weighted by Gasteiger charge is -2.38. The molecule has 1 rings (SSSR count). The summed E-state index contributed by atoms with van der Waals surface area (Å²) in [5.41, 5.74) is 0.0388. The summed E-state index contributed by atoms with van der Waals surface area (Å²) in [6.07, 6.45) is 0. The van der Waals surface area contributed by atoms with Gasteiger partial charge in [0.2, 0.25) is 11.4 Å². The molecule has 0 saturated heterocycles. The van der Waals surface area contributed by atoms with E-state index in [1.165, 1.54) is 12.1 Å². The Balaban J connectivity index is 4.26. The summed E-state index contributed by atoms with van der Waals surface area (Å²) in [7, 11) is 0. The van der Waals surface area contributed by atoms with Crippen LogP contribution < -0.4 is 0 Å². The van der Waals surface area contributed by atoms with Crippen LogP contribution in [0.3, 0.4) is 0 Å². The van der Waals surface area contributed by atoms with E-state index < -0.39 is 24.4 Å². The second-order valence-corrected chi connectivity index (χ2v) is 17.0. The minimum absolute atomic E-state index is 0.0433. The number of hydrogen-bond donors (Lipinski definition) is 0. The van der Waals surface area contributed by atoms with Gasteiger partial charge in [0.15, 0.2) is 13.0 Å². The Hall–Kier alpha value is 3.57. The van der Waals surface area contributed by atoms with Crippen molar-refractivity contribution in [1.82, 2.24) is 0 Å². The molecule has 30 heavy (non-hydrogen) atoms. The summed E-state index contributed by atoms with van der Waals surface area (Å²) in [6, 6.07) is 2.55. The number of hydrogen-bond acceptors (Lipinski definition) is 0. The zero-order chi connectivity index (χ0) is 24.3. The van der Waals surface area contributed by atoms with Gasteiger partial charge in [-0.15, -0.1) is 0 Å². The highest BCUT2D eigenvalue weighted by molar-refractivity contribution is 6.77. The molecule has 0 saturated carbocycles. The first-order chi connectivity index (χ1) is 12.9. The van der Waals surface area contributed by atoms with Gasteiger partial charge in [0.25, 0.3) is 0 Å². The number of benzene rings is 1. The van der Waals surface area contributed by atoms with Crippen molar-refractivity contribution in [3.63, 3.8) is 0 Å². The minimum atomic E-state index is -2.27. The van der Waals surface area contributed by atoms with Gasteiger partial charge in [0, 0.05) is 0 Å². The Labute approximate surface area is 249 Å². The fourth-order valence-electron chi connectivity index (χ4n) is 2.33. The fraction of sp³-hybridized carbons (Fsp3) is 0.533. The van der Waals surface area contributed by atoms with Crippen LogP contribution in [0.5, 0.6) is 0 Å². The molecule has 0 nitrogen and oxygen atoms in total. The average Bonchev–Trinajstić information content (AvgIpc) is 2.49. The molecule has 0 aliphatic heterocycles. The van der Waals surface area contributed by atoms with Crippen molar-refractivity contribution in [2.45, 2.75) is 38.2 Å². The number of rotatable bonds is 4. The van der Waals surface area contributed by atoms with Crippen molar-refractivity contribution < 1.29 is 0 Å². The summed E-state index contributed by atoms with van der Waals surface area (Å²) in [6.45, 7) is 3.33. The van der Waals surface area contributed by atoms with Crippen LogP contribution in [0.25, 0.3) is 0 Å². The normalized spacial score (nSPS) is 15.1. The van der Waals surface area contributed by atoms with Gasteiger partial charge < -0.3 is 0 Å². The molecule has 0 unspecified atom stereocenters. The molecular formula is C15H8Cl15. The minimum Gasteiger partial charge on any atom is -0.0915 e. The van der Waals surface area contributed by atoms with Crippen molar-refractivity contribution >= 4 is 174 Å². The van der Waals surface area contributed by atoms with Crippen LogP contribution >= 0.6 is 174 Å². The molecule has 0 fully saturated rings. The van der Waals surface area contributed by atoms with E-state index in [4.69, 9.17) is 174 Å². The van der Waals surface area contributed by atoms with Crippen molar-refractivity contribution in [1.29, 1.82) is 0 Å². The molecule has 0 spiro atoms. The Bertz CT molecular complexity index is 730. The molecular weight excluding hydrogens is 712 g/mol. The lowest BCUT2D eigenvalue weighted by Crippen LogP contribution is -2.36. The van der Waals surface area contributed by atoms with Gasteiger partial charge in [-0.2, -0.15) is 0 Å². The second kappa shape index (κ2) is 10.1. The predicted octanol–water partition coefficient (Wildman–Crippen LogP) is 11.7. The molecule has 0 bridgehead atoms. The van der Waals surface area contributed by atoms with Crippen molar-refractivity contribution in [2.24, 2.45) is 0 Å². The van der Waals surface area contributed by atoms with Crippen LogP contribution in [-0.4, -0.2) is 11.4 Å². The summed E-state index contributed by atoms with van der Waals surface area (Å²) in [5.74, 6) is 0.551. The van der Waals surface area contributed by atoms with Gasteiger partial charge >= 0.3 is 0 Å². The molecule has 0 aliphatic carbocycles. The van der Waals surface area contributed by atoms with E-state index in [0.717, 1.165) is 0 Å². The van der Waals surface area contributed by atoms with E-state index in [1.54, 1.807) is 13.8 Å². The van der Waals surface area contributed by atoms with Gasteiger partial charge in [-0.1, -0.05) is 188 Å². The fourth-order valence-corrected chi connectivity index (χ4v) is 4.08. The first-order valence-electron chi connectivity index (χ1n) is 7.24. The topological polar surface area (TPSA) is 0 Å². The molecule has 173 valence electrons. The van der Waals surface area contributed by atoms with Crippen molar-refractivity contribution in [3.05, 3.63) is 40.3 Å². The molecule has 1 radical (unpaired) electrons. The lowest BCUT2D eigenvalue weighted by molar-refractivity contribution is 0.795. The van der Waals surface area contributed by atoms with E-state index in [0.29, 0.717) is 5.92 Å². The summed E-state index contributed by atoms with van der Waals surface area (Å²) in [5, 5.41) is 0. The Morgan fingerprint density at radius 1 is 0.500 bits per heavy atom. The molecule has 0 aromatic heterocycles. The maximum absolute atomic E-state index is 6.45. The van der Waals surface area contributed by atoms with E-state index >= 15 is 0 Å². The smallest absolute Gasteiger partial charge is 0.0915 e. The van der Waals surface area contributed by atoms with Gasteiger partial charge in [0.05, 0.1) is 0 Å². The monoisotopic (exact) mass is 713 g/mol. The van der Waals surface area contributed by atoms with Gasteiger partial charge in [-0.25, -0.2) is 0 Å². The SMILES string of the molecule is C[C](C)c1c(C(Cl)(Cl)C(Cl)(Cl)Cl)cc(C(Cl)(Cl)C(Cl)(Cl)Cl)cc1C(Cl)(Cl)C(Cl)(Cl)Cl. The van der Waals surface area contributed by atoms with Crippen LogP contribution in [-0.2, 0) is 13.0 Å². The Morgan fingerprint density at radius 2 is 0.767 bits per heavy atom. The molecule has 0 heterocycles. The number of alkyl halides is 15. The highest BCUT2D eigenvalue weighted by Gasteiger charge is 2.55. The highest BCUT2D eigenvalue weighted by Crippen LogP contribution is 2.61. The Morgan fingerprint density at radius 3 is 0.967 bits per heavy atom. The van der Waals surface area contributed by atoms with E-state index in [1.807, 2.05) is 0 Å². The van der Waals surface area contributed by atoms with Gasteiger partial charge in [-0.05, 0) is 40.3 Å². The van der Waals surface area contributed by atoms with Crippen molar-refractivity contribution in [3.8, 4) is 0 Å². The maximum Gasteiger partial charge on any atom is 0.227 e. The van der Waals surface area contributed by atoms with Gasteiger partial charge in [-0.3, -0.25) is 0 Å². The van der Waals surface area contributed by atoms with Gasteiger partial charge in [0.1, 0.15) is 0 Å². The van der Waals surface area contributed by atoms with Crippen LogP contribution in [0, 0.1) is 5.92 Å². The molecule has 15 heteroatoms. The first kappa shape index (κ1) is 31.6. The van der Waals surface area contributed by atoms with E-state index in [-0.39, 0.29) is 22.3 Å². The van der Waals surface area contributed by atoms with E-state index in [9.17, 15) is 0 Å². The zero-order valence-electron chi connectivity index (χ0n) is 14.3. The molecule has 0 atom stereocenters. The number of halogens is 15. The average molecular weight is 720 g/mol. The lowest BCUT2D eigenvalue weighted by atomic mass is 9.86. The van der Waals surface area contributed by atoms with Crippen LogP contribution in [0.1, 0.15) is 36.1 Å². The van der Waals surface area contributed by atoms with Crippen molar-refractivity contribution in [2.75, 3.05) is 0 Å². The van der Waals surface area contributed by atoms with E-state index in [2.05, 4.69) is 0 Å². The summed E-state index contributed by atoms with van der Waals surface area (Å²) >= 11 is 92.4. The largest absolute Gasteiger partial charge is 0.227 e. The molecule has 0 aliphatic rings. The first-order valence-corrected chi connectivity index (χ1v) is 12.9. The van der Waals surface area contributed by atoms with Crippen LogP contribution in [0.15, 0.2) is 12.1 Å². The molecule has 0 N–H and O–H groups in total. The third kappa shape index (κ3) is 6.27. The molecule has 1 aromatic carbocycles. The third-order valence-corrected chi connectivity index (χ3v) is 11.0. The highest BCUT2D eigenvalue weighted by atomic mass is 35.6. The molecule has 0 amide bonds. The third-order valence-electron chi connectivity index (χ3n) is 3.75. The summed E-state index contributed by atoms with van der Waals surface area (Å²) < 4.78 is -13.4. The second-order valence-electron chi connectivity index (χ2n) is 6.16. The Kier molecular flexibility index (Phi) is 10.7. The summed E-state index contributed by atoms with van der Waals surface area (Å²) in [4.78, 5) is 0. The quantitative estimate of drug-likeness (QED) is 0.272. The van der Waals surface area contributed by atoms with Crippen LogP contribution in [0.2, 0.25) is 0 Å². The standard InChI is InChI=1S/C15H8Cl15/c1-5(2)9-7(11(18,19)14(25,26)27)3-6(10(16,17)13(22,23)24)4-8(9)12(20,21)15(28,29)30/h3-4H,1-2H3.